The SMILES string of the molecule is COc1ccc(CCCO)c(Nc2nc3ccccc3nc2NS(=O)(=O)C2(Cc3ccccc3)CCCCN2C(=O)[O-])c1. The third-order valence-electron chi connectivity index (χ3n) is 7.71. The van der Waals surface area contributed by atoms with Crippen LogP contribution in [0.25, 0.3) is 11.0 Å². The maximum absolute atomic E-state index is 14.5. The maximum Gasteiger partial charge on any atom is 0.258 e. The zero-order valence-corrected chi connectivity index (χ0v) is 24.6. The predicted molar refractivity (Wildman–Crippen MR) is 163 cm³/mol. The normalized spacial score (nSPS) is 17.0. The van der Waals surface area contributed by atoms with Crippen LogP contribution in [0, 0.1) is 0 Å². The number of aliphatic hydroxyl groups excluding tert-OH is 1. The molecule has 1 amide bonds. The van der Waals surface area contributed by atoms with E-state index in [0.29, 0.717) is 53.7 Å². The van der Waals surface area contributed by atoms with Crippen LogP contribution in [0.3, 0.4) is 0 Å². The fraction of sp³-hybridized carbons (Fsp3) is 0.323. The fourth-order valence-electron chi connectivity index (χ4n) is 5.54. The Balaban J connectivity index is 1.62. The molecule has 3 aromatic carbocycles. The number of likely N-dealkylation sites (tertiary alicyclic amines) is 1. The lowest BCUT2D eigenvalue weighted by Crippen LogP contribution is -2.64. The highest BCUT2D eigenvalue weighted by atomic mass is 32.2. The molecule has 12 heteroatoms. The minimum atomic E-state index is -4.46. The van der Waals surface area contributed by atoms with Gasteiger partial charge in [0.25, 0.3) is 10.0 Å². The number of aryl methyl sites for hydroxylation is 1. The highest BCUT2D eigenvalue weighted by Crippen LogP contribution is 2.39. The molecule has 0 spiro atoms. The summed E-state index contributed by atoms with van der Waals surface area (Å²) < 4.78 is 37.0. The summed E-state index contributed by atoms with van der Waals surface area (Å²) in [5.74, 6) is 0.622. The van der Waals surface area contributed by atoms with Gasteiger partial charge in [0.1, 0.15) is 11.8 Å². The van der Waals surface area contributed by atoms with E-state index in [0.717, 1.165) is 10.5 Å². The fourth-order valence-corrected chi connectivity index (χ4v) is 7.35. The number of anilines is 3. The molecule has 226 valence electrons. The van der Waals surface area contributed by atoms with Gasteiger partial charge in [-0.2, -0.15) is 0 Å². The summed E-state index contributed by atoms with van der Waals surface area (Å²) in [6, 6.07) is 21.4. The van der Waals surface area contributed by atoms with Gasteiger partial charge in [0.15, 0.2) is 16.5 Å². The Kier molecular flexibility index (Phi) is 8.97. The molecular formula is C31H34N5O6S-. The minimum Gasteiger partial charge on any atom is -0.530 e. The topological polar surface area (TPSA) is 157 Å². The van der Waals surface area contributed by atoms with Gasteiger partial charge < -0.3 is 30.0 Å². The van der Waals surface area contributed by atoms with Gasteiger partial charge in [0.2, 0.25) is 0 Å². The van der Waals surface area contributed by atoms with Crippen molar-refractivity contribution in [3.63, 3.8) is 0 Å². The molecule has 0 aliphatic carbocycles. The molecule has 1 saturated heterocycles. The second kappa shape index (κ2) is 12.8. The Bertz CT molecular complexity index is 1700. The molecule has 1 unspecified atom stereocenters. The highest BCUT2D eigenvalue weighted by Gasteiger charge is 2.51. The number of rotatable bonds is 11. The summed E-state index contributed by atoms with van der Waals surface area (Å²) in [6.07, 6.45) is 0.572. The quantitative estimate of drug-likeness (QED) is 0.232. The van der Waals surface area contributed by atoms with E-state index in [-0.39, 0.29) is 37.6 Å². The van der Waals surface area contributed by atoms with Crippen LogP contribution in [-0.2, 0) is 22.9 Å². The Morgan fingerprint density at radius 3 is 2.40 bits per heavy atom. The zero-order valence-electron chi connectivity index (χ0n) is 23.8. The monoisotopic (exact) mass is 604 g/mol. The van der Waals surface area contributed by atoms with E-state index in [1.807, 2.05) is 12.1 Å². The van der Waals surface area contributed by atoms with Gasteiger partial charge in [-0.05, 0) is 61.4 Å². The molecule has 1 atom stereocenters. The number of carbonyl (C=O) groups excluding carboxylic acids is 1. The first-order valence-corrected chi connectivity index (χ1v) is 15.6. The van der Waals surface area contributed by atoms with Crippen LogP contribution in [-0.4, -0.2) is 59.6 Å². The Morgan fingerprint density at radius 2 is 1.72 bits per heavy atom. The molecule has 0 radical (unpaired) electrons. The number of carbonyl (C=O) groups is 1. The van der Waals surface area contributed by atoms with E-state index < -0.39 is 21.0 Å². The van der Waals surface area contributed by atoms with Gasteiger partial charge in [-0.1, -0.05) is 48.5 Å². The van der Waals surface area contributed by atoms with Crippen molar-refractivity contribution < 1.29 is 28.2 Å². The van der Waals surface area contributed by atoms with E-state index in [2.05, 4.69) is 15.0 Å². The molecular weight excluding hydrogens is 570 g/mol. The van der Waals surface area contributed by atoms with E-state index in [4.69, 9.17) is 9.72 Å². The summed E-state index contributed by atoms with van der Waals surface area (Å²) in [5.41, 5.74) is 3.12. The third-order valence-corrected chi connectivity index (χ3v) is 9.74. The first kappa shape index (κ1) is 30.1. The number of nitrogens with one attached hydrogen (secondary N) is 2. The number of carboxylic acid groups (broad SMARTS) is 1. The predicted octanol–water partition coefficient (Wildman–Crippen LogP) is 3.82. The van der Waals surface area contributed by atoms with E-state index in [1.165, 1.54) is 0 Å². The van der Waals surface area contributed by atoms with Gasteiger partial charge in [-0.25, -0.2) is 18.4 Å². The number of benzene rings is 3. The number of fused-ring (bicyclic) bond motifs is 1. The molecule has 4 aromatic rings. The minimum absolute atomic E-state index is 0.00469. The molecule has 0 saturated carbocycles. The molecule has 43 heavy (non-hydrogen) atoms. The van der Waals surface area contributed by atoms with Gasteiger partial charge in [-0.3, -0.25) is 4.72 Å². The van der Waals surface area contributed by atoms with Gasteiger partial charge >= 0.3 is 0 Å². The highest BCUT2D eigenvalue weighted by molar-refractivity contribution is 7.94. The van der Waals surface area contributed by atoms with Crippen LogP contribution in [0.1, 0.15) is 36.8 Å². The lowest BCUT2D eigenvalue weighted by Gasteiger charge is -2.47. The second-order valence-corrected chi connectivity index (χ2v) is 12.4. The van der Waals surface area contributed by atoms with Crippen LogP contribution < -0.4 is 19.9 Å². The number of piperidine rings is 1. The lowest BCUT2D eigenvalue weighted by atomic mass is 9.95. The molecule has 1 aliphatic heterocycles. The Hall–Kier alpha value is -4.42. The number of sulfonamides is 1. The van der Waals surface area contributed by atoms with Crippen molar-refractivity contribution in [2.45, 2.75) is 43.4 Å². The third kappa shape index (κ3) is 6.35. The van der Waals surface area contributed by atoms with Crippen molar-refractivity contribution in [3.05, 3.63) is 83.9 Å². The second-order valence-electron chi connectivity index (χ2n) is 10.5. The number of nitrogens with zero attached hydrogens (tertiary/aromatic N) is 3. The smallest absolute Gasteiger partial charge is 0.258 e. The average Bonchev–Trinajstić information content (AvgIpc) is 3.01. The van der Waals surface area contributed by atoms with Gasteiger partial charge in [-0.15, -0.1) is 0 Å². The van der Waals surface area contributed by atoms with Crippen molar-refractivity contribution in [1.82, 2.24) is 14.9 Å². The summed E-state index contributed by atoms with van der Waals surface area (Å²) in [6.45, 7) is 0.0351. The van der Waals surface area contributed by atoms with Gasteiger partial charge in [0.05, 0.1) is 18.1 Å². The van der Waals surface area contributed by atoms with Crippen LogP contribution in [0.5, 0.6) is 5.75 Å². The lowest BCUT2D eigenvalue weighted by molar-refractivity contribution is -0.270. The number of amides is 1. The summed E-state index contributed by atoms with van der Waals surface area (Å²) >= 11 is 0. The Labute approximate surface area is 250 Å². The number of hydrogen-bond donors (Lipinski definition) is 3. The van der Waals surface area contributed by atoms with E-state index in [1.54, 1.807) is 67.8 Å². The Morgan fingerprint density at radius 1 is 1.02 bits per heavy atom. The van der Waals surface area contributed by atoms with Gasteiger partial charge in [0, 0.05) is 31.3 Å². The zero-order chi connectivity index (χ0) is 30.5. The summed E-state index contributed by atoms with van der Waals surface area (Å²) in [5, 5.41) is 25.0. The molecule has 1 aliphatic rings. The van der Waals surface area contributed by atoms with Crippen molar-refractivity contribution >= 4 is 44.5 Å². The number of hydrogen-bond acceptors (Lipinski definition) is 9. The maximum atomic E-state index is 14.5. The van der Waals surface area contributed by atoms with Crippen LogP contribution in [0.2, 0.25) is 0 Å². The van der Waals surface area contributed by atoms with Crippen LogP contribution in [0.15, 0.2) is 72.8 Å². The molecule has 1 fully saturated rings. The first-order chi connectivity index (χ1) is 20.8. The molecule has 0 bridgehead atoms. The van der Waals surface area contributed by atoms with Crippen molar-refractivity contribution in [2.75, 3.05) is 30.3 Å². The molecule has 1 aromatic heterocycles. The summed E-state index contributed by atoms with van der Waals surface area (Å²) in [4.78, 5) is 20.8. The first-order valence-electron chi connectivity index (χ1n) is 14.1. The molecule has 2 heterocycles. The van der Waals surface area contributed by atoms with Crippen LogP contribution >= 0.6 is 0 Å². The largest absolute Gasteiger partial charge is 0.530 e. The molecule has 5 rings (SSSR count). The van der Waals surface area contributed by atoms with Crippen molar-refractivity contribution in [2.24, 2.45) is 0 Å². The summed E-state index contributed by atoms with van der Waals surface area (Å²) in [7, 11) is -2.91. The number of aliphatic hydroxyl groups is 1. The number of ether oxygens (including phenoxy) is 1. The van der Waals surface area contributed by atoms with E-state index in [9.17, 15) is 23.4 Å². The molecule has 3 N–H and O–H groups in total. The number of aromatic nitrogens is 2. The molecule has 11 nitrogen and oxygen atoms in total. The van der Waals surface area contributed by atoms with Crippen LogP contribution in [0.4, 0.5) is 22.1 Å². The van der Waals surface area contributed by atoms with Crippen molar-refractivity contribution in [3.8, 4) is 5.75 Å². The van der Waals surface area contributed by atoms with E-state index >= 15 is 0 Å². The number of methoxy groups -OCH3 is 1. The standard InChI is InChI=1S/C31H35N5O6S/c1-42-24-16-15-23(12-9-19-37)27(20-24)34-28-29(33-26-14-6-5-13-25(26)32-28)35-43(40,41)31(21-22-10-3-2-4-11-22)17-7-8-18-36(31)30(38)39/h2-6,10-11,13-16,20,37H,7-9,12,17-19,21H2,1H3,(H,32,34)(H,33,35)(H,38,39)/p-1. The number of para-hydroxylation sites is 2. The average molecular weight is 605 g/mol. The van der Waals surface area contributed by atoms with Crippen molar-refractivity contribution in [1.29, 1.82) is 0 Å².